The molecule has 1 saturated heterocycles. The minimum absolute atomic E-state index is 0.0160. The second-order valence-electron chi connectivity index (χ2n) is 5.84. The van der Waals surface area contributed by atoms with E-state index < -0.39 is 0 Å². The molecule has 1 atom stereocenters. The Labute approximate surface area is 136 Å². The average molecular weight is 305 g/mol. The Bertz CT molecular complexity index is 704. The maximum absolute atomic E-state index is 12.1. The number of hydrogen-bond donors (Lipinski definition) is 1. The summed E-state index contributed by atoms with van der Waals surface area (Å²) in [6, 6.07) is 18.4. The van der Waals surface area contributed by atoms with Gasteiger partial charge in [0.2, 0.25) is 5.91 Å². The standard InChI is InChI=1S/C19H19N3O/c20-14-22-11-10-18(13-22)21-19(23)12-15-6-8-17(9-7-15)16-4-2-1-3-5-16/h1-9,18H,10-13H2,(H,21,23)/t18-/m1/s1. The zero-order chi connectivity index (χ0) is 16.1. The second-order valence-corrected chi connectivity index (χ2v) is 5.84. The molecule has 0 radical (unpaired) electrons. The van der Waals surface area contributed by atoms with Crippen LogP contribution >= 0.6 is 0 Å². The van der Waals surface area contributed by atoms with Crippen molar-refractivity contribution in [1.29, 1.82) is 5.26 Å². The molecule has 1 fully saturated rings. The van der Waals surface area contributed by atoms with Gasteiger partial charge in [0.15, 0.2) is 6.19 Å². The van der Waals surface area contributed by atoms with Crippen LogP contribution in [-0.4, -0.2) is 29.9 Å². The molecule has 0 bridgehead atoms. The molecule has 0 unspecified atom stereocenters. The molecule has 1 heterocycles. The normalized spacial score (nSPS) is 16.8. The Balaban J connectivity index is 1.56. The third-order valence-electron chi connectivity index (χ3n) is 4.12. The molecular formula is C19H19N3O. The molecule has 0 saturated carbocycles. The number of nitrogens with zero attached hydrogens (tertiary/aromatic N) is 2. The van der Waals surface area contributed by atoms with Gasteiger partial charge in [-0.1, -0.05) is 54.6 Å². The Morgan fingerprint density at radius 3 is 2.48 bits per heavy atom. The number of likely N-dealkylation sites (tertiary alicyclic amines) is 1. The smallest absolute Gasteiger partial charge is 0.224 e. The van der Waals surface area contributed by atoms with E-state index in [0.717, 1.165) is 24.1 Å². The van der Waals surface area contributed by atoms with Crippen LogP contribution in [0.15, 0.2) is 54.6 Å². The largest absolute Gasteiger partial charge is 0.351 e. The number of nitriles is 1. The van der Waals surface area contributed by atoms with E-state index in [4.69, 9.17) is 5.26 Å². The number of rotatable bonds is 4. The quantitative estimate of drug-likeness (QED) is 0.883. The molecule has 4 heteroatoms. The van der Waals surface area contributed by atoms with Gasteiger partial charge in [0.1, 0.15) is 0 Å². The molecule has 0 aliphatic carbocycles. The molecule has 2 aromatic rings. The molecule has 1 aliphatic rings. The first-order valence-electron chi connectivity index (χ1n) is 7.83. The van der Waals surface area contributed by atoms with E-state index in [1.165, 1.54) is 5.56 Å². The molecular weight excluding hydrogens is 286 g/mol. The topological polar surface area (TPSA) is 56.1 Å². The van der Waals surface area contributed by atoms with Crippen LogP contribution in [0.4, 0.5) is 0 Å². The summed E-state index contributed by atoms with van der Waals surface area (Å²) in [5.74, 6) is 0.0160. The first-order chi connectivity index (χ1) is 11.2. The van der Waals surface area contributed by atoms with Crippen LogP contribution in [0.2, 0.25) is 0 Å². The minimum Gasteiger partial charge on any atom is -0.351 e. The summed E-state index contributed by atoms with van der Waals surface area (Å²) in [5, 5.41) is 11.8. The van der Waals surface area contributed by atoms with Crippen molar-refractivity contribution >= 4 is 5.91 Å². The Morgan fingerprint density at radius 2 is 1.83 bits per heavy atom. The Morgan fingerprint density at radius 1 is 1.13 bits per heavy atom. The molecule has 2 aromatic carbocycles. The van der Waals surface area contributed by atoms with Crippen molar-refractivity contribution in [3.8, 4) is 17.3 Å². The van der Waals surface area contributed by atoms with Crippen molar-refractivity contribution in [1.82, 2.24) is 10.2 Å². The molecule has 4 nitrogen and oxygen atoms in total. The van der Waals surface area contributed by atoms with Crippen LogP contribution < -0.4 is 5.32 Å². The van der Waals surface area contributed by atoms with Crippen LogP contribution in [0.5, 0.6) is 0 Å². The highest BCUT2D eigenvalue weighted by atomic mass is 16.1. The van der Waals surface area contributed by atoms with E-state index in [9.17, 15) is 4.79 Å². The van der Waals surface area contributed by atoms with Gasteiger partial charge < -0.3 is 10.2 Å². The first-order valence-corrected chi connectivity index (χ1v) is 7.83. The fourth-order valence-corrected chi connectivity index (χ4v) is 2.88. The number of carbonyl (C=O) groups is 1. The lowest BCUT2D eigenvalue weighted by Crippen LogP contribution is -2.37. The van der Waals surface area contributed by atoms with E-state index in [0.29, 0.717) is 13.0 Å². The second kappa shape index (κ2) is 6.97. The van der Waals surface area contributed by atoms with Crippen molar-refractivity contribution in [2.45, 2.75) is 18.9 Å². The van der Waals surface area contributed by atoms with Gasteiger partial charge in [-0.3, -0.25) is 4.79 Å². The van der Waals surface area contributed by atoms with Crippen molar-refractivity contribution in [2.24, 2.45) is 0 Å². The monoisotopic (exact) mass is 305 g/mol. The highest BCUT2D eigenvalue weighted by Gasteiger charge is 2.22. The molecule has 3 rings (SSSR count). The number of hydrogen-bond acceptors (Lipinski definition) is 3. The highest BCUT2D eigenvalue weighted by molar-refractivity contribution is 5.79. The maximum atomic E-state index is 12.1. The number of nitrogens with one attached hydrogen (secondary N) is 1. The molecule has 23 heavy (non-hydrogen) atoms. The van der Waals surface area contributed by atoms with Gasteiger partial charge in [-0.25, -0.2) is 0 Å². The summed E-state index contributed by atoms with van der Waals surface area (Å²) in [5.41, 5.74) is 3.32. The lowest BCUT2D eigenvalue weighted by molar-refractivity contribution is -0.121. The van der Waals surface area contributed by atoms with Gasteiger partial charge in [0.25, 0.3) is 0 Å². The molecule has 0 spiro atoms. The predicted octanol–water partition coefficient (Wildman–Crippen LogP) is 2.57. The summed E-state index contributed by atoms with van der Waals surface area (Å²) in [4.78, 5) is 13.8. The van der Waals surface area contributed by atoms with Gasteiger partial charge in [-0.15, -0.1) is 0 Å². The van der Waals surface area contributed by atoms with Crippen molar-refractivity contribution in [2.75, 3.05) is 13.1 Å². The van der Waals surface area contributed by atoms with Gasteiger partial charge >= 0.3 is 0 Å². The fraction of sp³-hybridized carbons (Fsp3) is 0.263. The average Bonchev–Trinajstić information content (AvgIpc) is 3.04. The SMILES string of the molecule is N#CN1CC[C@@H](NC(=O)Cc2ccc(-c3ccccc3)cc2)C1. The maximum Gasteiger partial charge on any atom is 0.224 e. The molecule has 1 amide bonds. The summed E-state index contributed by atoms with van der Waals surface area (Å²) in [6.07, 6.45) is 3.33. The molecule has 1 aliphatic heterocycles. The molecule has 1 N–H and O–H groups in total. The Hall–Kier alpha value is -2.80. The summed E-state index contributed by atoms with van der Waals surface area (Å²) >= 11 is 0. The molecule has 116 valence electrons. The van der Waals surface area contributed by atoms with Crippen LogP contribution in [0.1, 0.15) is 12.0 Å². The van der Waals surface area contributed by atoms with Gasteiger partial charge in [0.05, 0.1) is 6.42 Å². The van der Waals surface area contributed by atoms with E-state index >= 15 is 0 Å². The van der Waals surface area contributed by atoms with Gasteiger partial charge in [-0.2, -0.15) is 5.26 Å². The lowest BCUT2D eigenvalue weighted by Gasteiger charge is -2.12. The number of amides is 1. The molecule has 0 aromatic heterocycles. The number of carbonyl (C=O) groups excluding carboxylic acids is 1. The lowest BCUT2D eigenvalue weighted by atomic mass is 10.0. The van der Waals surface area contributed by atoms with E-state index in [-0.39, 0.29) is 11.9 Å². The zero-order valence-corrected chi connectivity index (χ0v) is 12.9. The van der Waals surface area contributed by atoms with E-state index in [1.807, 2.05) is 42.5 Å². The highest BCUT2D eigenvalue weighted by Crippen LogP contribution is 2.19. The predicted molar refractivity (Wildman–Crippen MR) is 89.3 cm³/mol. The first kappa shape index (κ1) is 15.1. The zero-order valence-electron chi connectivity index (χ0n) is 12.9. The third kappa shape index (κ3) is 3.89. The van der Waals surface area contributed by atoms with Crippen LogP contribution in [0.25, 0.3) is 11.1 Å². The van der Waals surface area contributed by atoms with Crippen LogP contribution in [0.3, 0.4) is 0 Å². The summed E-state index contributed by atoms with van der Waals surface area (Å²) in [7, 11) is 0. The van der Waals surface area contributed by atoms with Crippen molar-refractivity contribution in [3.05, 3.63) is 60.2 Å². The third-order valence-corrected chi connectivity index (χ3v) is 4.12. The summed E-state index contributed by atoms with van der Waals surface area (Å²) in [6.45, 7) is 1.35. The van der Waals surface area contributed by atoms with Gasteiger partial charge in [-0.05, 0) is 23.1 Å². The minimum atomic E-state index is 0.0160. The van der Waals surface area contributed by atoms with E-state index in [2.05, 4.69) is 23.6 Å². The van der Waals surface area contributed by atoms with E-state index in [1.54, 1.807) is 4.90 Å². The van der Waals surface area contributed by atoms with Crippen molar-refractivity contribution < 1.29 is 4.79 Å². The summed E-state index contributed by atoms with van der Waals surface area (Å²) < 4.78 is 0. The van der Waals surface area contributed by atoms with Gasteiger partial charge in [0, 0.05) is 19.1 Å². The fourth-order valence-electron chi connectivity index (χ4n) is 2.88. The Kier molecular flexibility index (Phi) is 4.58. The van der Waals surface area contributed by atoms with Crippen molar-refractivity contribution in [3.63, 3.8) is 0 Å². The van der Waals surface area contributed by atoms with Crippen LogP contribution in [0, 0.1) is 11.5 Å². The number of benzene rings is 2. The van der Waals surface area contributed by atoms with Crippen LogP contribution in [-0.2, 0) is 11.2 Å².